The molecule has 1 aliphatic heterocycles. The largest absolute Gasteiger partial charge is 0.458 e. The van der Waals surface area contributed by atoms with Crippen LogP contribution in [0.1, 0.15) is 25.7 Å². The monoisotopic (exact) mass is 210 g/mol. The fourth-order valence-electron chi connectivity index (χ4n) is 2.14. The summed E-state index contributed by atoms with van der Waals surface area (Å²) in [4.78, 5) is 22.4. The topological polar surface area (TPSA) is 52.6 Å². The Morgan fingerprint density at radius 1 is 1.13 bits per heavy atom. The predicted octanol–water partition coefficient (Wildman–Crippen LogP) is 1.20. The Kier molecular flexibility index (Phi) is 2.75. The van der Waals surface area contributed by atoms with Crippen molar-refractivity contribution < 1.29 is 19.1 Å². The predicted molar refractivity (Wildman–Crippen MR) is 51.9 cm³/mol. The molecule has 1 saturated heterocycles. The van der Waals surface area contributed by atoms with Gasteiger partial charge in [-0.3, -0.25) is 9.59 Å². The van der Waals surface area contributed by atoms with Crippen LogP contribution in [0, 0.1) is 5.92 Å². The Morgan fingerprint density at radius 3 is 2.47 bits per heavy atom. The second-order valence-electron chi connectivity index (χ2n) is 4.04. The number of carbonyl (C=O) groups excluding carboxylic acids is 2. The molecule has 0 bridgehead atoms. The maximum absolute atomic E-state index is 11.2. The molecule has 2 aliphatic rings. The van der Waals surface area contributed by atoms with E-state index in [2.05, 4.69) is 6.58 Å². The van der Waals surface area contributed by atoms with Crippen molar-refractivity contribution in [2.45, 2.75) is 37.9 Å². The zero-order chi connectivity index (χ0) is 10.8. The lowest BCUT2D eigenvalue weighted by molar-refractivity contribution is -0.155. The van der Waals surface area contributed by atoms with Crippen molar-refractivity contribution >= 4 is 11.9 Å². The van der Waals surface area contributed by atoms with Gasteiger partial charge in [0.1, 0.15) is 18.6 Å². The maximum Gasteiger partial charge on any atom is 0.317 e. The average Bonchev–Trinajstić information content (AvgIpc) is 2.33. The van der Waals surface area contributed by atoms with E-state index in [9.17, 15) is 9.59 Å². The molecule has 0 N–H and O–H groups in total. The van der Waals surface area contributed by atoms with Gasteiger partial charge in [0.15, 0.2) is 0 Å². The number of rotatable bonds is 1. The number of fused-ring (bicyclic) bond motifs is 1. The van der Waals surface area contributed by atoms with Gasteiger partial charge in [0.2, 0.25) is 0 Å². The molecular weight excluding hydrogens is 196 g/mol. The van der Waals surface area contributed by atoms with E-state index >= 15 is 0 Å². The highest BCUT2D eigenvalue weighted by molar-refractivity contribution is 5.91. The van der Waals surface area contributed by atoms with Crippen molar-refractivity contribution in [3.8, 4) is 0 Å². The van der Waals surface area contributed by atoms with Crippen LogP contribution < -0.4 is 0 Å². The second kappa shape index (κ2) is 4.04. The molecular formula is C11H14O4. The van der Waals surface area contributed by atoms with Crippen LogP contribution in [0.25, 0.3) is 0 Å². The van der Waals surface area contributed by atoms with Crippen molar-refractivity contribution in [1.29, 1.82) is 0 Å². The first-order chi connectivity index (χ1) is 7.19. The van der Waals surface area contributed by atoms with E-state index in [1.807, 2.05) is 6.08 Å². The van der Waals surface area contributed by atoms with Crippen LogP contribution in [0.2, 0.25) is 0 Å². The van der Waals surface area contributed by atoms with Gasteiger partial charge >= 0.3 is 11.9 Å². The molecule has 1 heterocycles. The molecule has 2 fully saturated rings. The van der Waals surface area contributed by atoms with Crippen molar-refractivity contribution in [1.82, 2.24) is 0 Å². The van der Waals surface area contributed by atoms with Gasteiger partial charge in [-0.15, -0.1) is 6.58 Å². The summed E-state index contributed by atoms with van der Waals surface area (Å²) >= 11 is 0. The fraction of sp³-hybridized carbons (Fsp3) is 0.636. The quantitative estimate of drug-likeness (QED) is 0.370. The molecule has 0 aromatic rings. The minimum absolute atomic E-state index is 0.250. The highest BCUT2D eigenvalue weighted by Crippen LogP contribution is 2.31. The van der Waals surface area contributed by atoms with Gasteiger partial charge in [-0.1, -0.05) is 6.08 Å². The zero-order valence-electron chi connectivity index (χ0n) is 8.48. The summed E-state index contributed by atoms with van der Waals surface area (Å²) < 4.78 is 10.3. The Morgan fingerprint density at radius 2 is 1.80 bits per heavy atom. The number of esters is 2. The first kappa shape index (κ1) is 10.2. The molecule has 0 spiro atoms. The molecule has 4 nitrogen and oxygen atoms in total. The van der Waals surface area contributed by atoms with E-state index in [0.29, 0.717) is 12.3 Å². The first-order valence-corrected chi connectivity index (χ1v) is 5.20. The molecule has 0 aromatic carbocycles. The lowest BCUT2D eigenvalue weighted by Gasteiger charge is -2.31. The summed E-state index contributed by atoms with van der Waals surface area (Å²) in [7, 11) is 0. The Hall–Kier alpha value is -1.32. The Bertz CT molecular complexity index is 297. The third-order valence-corrected chi connectivity index (χ3v) is 2.96. The molecule has 0 aromatic heterocycles. The van der Waals surface area contributed by atoms with Gasteiger partial charge in [-0.25, -0.2) is 0 Å². The minimum atomic E-state index is -0.475. The van der Waals surface area contributed by atoms with Crippen LogP contribution in [-0.2, 0) is 19.1 Å². The third-order valence-electron chi connectivity index (χ3n) is 2.96. The van der Waals surface area contributed by atoms with E-state index in [0.717, 1.165) is 12.8 Å². The highest BCUT2D eigenvalue weighted by atomic mass is 16.6. The summed E-state index contributed by atoms with van der Waals surface area (Å²) in [5.74, 6) is -0.586. The molecule has 0 radical (unpaired) electrons. The first-order valence-electron chi connectivity index (χ1n) is 5.20. The number of carbonyl (C=O) groups is 2. The van der Waals surface area contributed by atoms with E-state index in [4.69, 9.17) is 9.47 Å². The highest BCUT2D eigenvalue weighted by Gasteiger charge is 2.37. The van der Waals surface area contributed by atoms with Crippen molar-refractivity contribution in [2.24, 2.45) is 5.92 Å². The number of allylic oxidation sites excluding steroid dienone is 1. The van der Waals surface area contributed by atoms with Gasteiger partial charge in [0.05, 0.1) is 0 Å². The van der Waals surface area contributed by atoms with Gasteiger partial charge in [-0.05, 0) is 25.2 Å². The van der Waals surface area contributed by atoms with E-state index in [1.165, 1.54) is 0 Å². The molecule has 1 aliphatic carbocycles. The molecule has 0 amide bonds. The summed E-state index contributed by atoms with van der Waals surface area (Å²) in [6.45, 7) is 3.73. The second-order valence-corrected chi connectivity index (χ2v) is 4.04. The number of hydrogen-bond donors (Lipinski definition) is 0. The average molecular weight is 210 g/mol. The SMILES string of the molecule is C=CC1CCC2OC(=O)CC(=O)OC2C1. The molecule has 1 saturated carbocycles. The van der Waals surface area contributed by atoms with Crippen molar-refractivity contribution in [3.05, 3.63) is 12.7 Å². The molecule has 3 unspecified atom stereocenters. The standard InChI is InChI=1S/C11H14O4/c1-2-7-3-4-8-9(5-7)15-11(13)6-10(12)14-8/h2,7-9H,1,3-6H2. The summed E-state index contributed by atoms with van der Waals surface area (Å²) in [5, 5.41) is 0. The smallest absolute Gasteiger partial charge is 0.317 e. The molecule has 82 valence electrons. The van der Waals surface area contributed by atoms with Gasteiger partial charge in [0.25, 0.3) is 0 Å². The van der Waals surface area contributed by atoms with E-state index < -0.39 is 11.9 Å². The Balaban J connectivity index is 2.08. The number of ether oxygens (including phenoxy) is 2. The molecule has 2 rings (SSSR count). The minimum Gasteiger partial charge on any atom is -0.458 e. The van der Waals surface area contributed by atoms with Gasteiger partial charge < -0.3 is 9.47 Å². The van der Waals surface area contributed by atoms with Crippen molar-refractivity contribution in [2.75, 3.05) is 0 Å². The van der Waals surface area contributed by atoms with Gasteiger partial charge in [-0.2, -0.15) is 0 Å². The fourth-order valence-corrected chi connectivity index (χ4v) is 2.14. The van der Waals surface area contributed by atoms with Crippen LogP contribution in [-0.4, -0.2) is 24.1 Å². The normalized spacial score (nSPS) is 35.9. The van der Waals surface area contributed by atoms with Crippen LogP contribution in [0.4, 0.5) is 0 Å². The van der Waals surface area contributed by atoms with Crippen LogP contribution in [0.15, 0.2) is 12.7 Å². The maximum atomic E-state index is 11.2. The molecule has 15 heavy (non-hydrogen) atoms. The summed E-state index contributed by atoms with van der Waals surface area (Å²) in [6.07, 6.45) is 3.49. The molecule has 3 atom stereocenters. The molecule has 4 heteroatoms. The van der Waals surface area contributed by atoms with Gasteiger partial charge in [0, 0.05) is 0 Å². The number of hydrogen-bond acceptors (Lipinski definition) is 4. The van der Waals surface area contributed by atoms with E-state index in [-0.39, 0.29) is 18.6 Å². The van der Waals surface area contributed by atoms with Crippen molar-refractivity contribution in [3.63, 3.8) is 0 Å². The van der Waals surface area contributed by atoms with Crippen LogP contribution in [0.3, 0.4) is 0 Å². The summed E-state index contributed by atoms with van der Waals surface area (Å²) in [5.41, 5.74) is 0. The Labute approximate surface area is 88.2 Å². The zero-order valence-corrected chi connectivity index (χ0v) is 8.48. The third kappa shape index (κ3) is 2.19. The summed E-state index contributed by atoms with van der Waals surface area (Å²) in [6, 6.07) is 0. The van der Waals surface area contributed by atoms with Crippen LogP contribution in [0.5, 0.6) is 0 Å². The lowest BCUT2D eigenvalue weighted by atomic mass is 9.85. The lowest BCUT2D eigenvalue weighted by Crippen LogP contribution is -2.37. The van der Waals surface area contributed by atoms with E-state index in [1.54, 1.807) is 0 Å². The van der Waals surface area contributed by atoms with Crippen LogP contribution >= 0.6 is 0 Å².